The standard InChI is InChI=1S/C9H27NO7Si5/c1-18(2,11)12-20(5)15-21(6)13-19(3,4)14-22(16-20,17-21)9-7-8-10/h11H,7-10H2,1-6H3. The molecule has 3 atom stereocenters. The van der Waals surface area contributed by atoms with Gasteiger partial charge in [-0.15, -0.1) is 0 Å². The fourth-order valence-corrected chi connectivity index (χ4v) is 27.5. The van der Waals surface area contributed by atoms with E-state index in [2.05, 4.69) is 0 Å². The van der Waals surface area contributed by atoms with Crippen molar-refractivity contribution < 1.29 is 29.5 Å². The van der Waals surface area contributed by atoms with Gasteiger partial charge in [-0.05, 0) is 39.2 Å². The molecule has 0 saturated carbocycles. The summed E-state index contributed by atoms with van der Waals surface area (Å²) in [6, 6.07) is 0.620. The van der Waals surface area contributed by atoms with E-state index in [9.17, 15) is 4.80 Å². The molecule has 3 N–H and O–H groups in total. The zero-order valence-corrected chi connectivity index (χ0v) is 19.1. The zero-order chi connectivity index (χ0) is 16.9. The lowest BCUT2D eigenvalue weighted by Crippen LogP contribution is -2.79. The third kappa shape index (κ3) is 4.65. The minimum atomic E-state index is -3.08. The lowest BCUT2D eigenvalue weighted by Gasteiger charge is -2.55. The largest absolute Gasteiger partial charge is 0.477 e. The van der Waals surface area contributed by atoms with Gasteiger partial charge in [-0.3, -0.25) is 0 Å². The van der Waals surface area contributed by atoms with Crippen molar-refractivity contribution in [3.8, 4) is 0 Å². The topological polar surface area (TPSA) is 102 Å². The molecule has 0 spiro atoms. The van der Waals surface area contributed by atoms with Gasteiger partial charge in [0.2, 0.25) is 0 Å². The first-order valence-corrected chi connectivity index (χ1v) is 19.5. The fraction of sp³-hybridized carbons (Fsp3) is 1.00. The average Bonchev–Trinajstić information content (AvgIpc) is 2.17. The Bertz CT molecular complexity index is 433. The molecule has 130 valence electrons. The molecule has 2 heterocycles. The highest BCUT2D eigenvalue weighted by atomic mass is 28.6. The van der Waals surface area contributed by atoms with E-state index in [0.717, 1.165) is 6.42 Å². The number of nitrogens with two attached hydrogens (primary N) is 1. The molecule has 2 aliphatic rings. The Morgan fingerprint density at radius 2 is 1.64 bits per heavy atom. The number of hydrogen-bond donors (Lipinski definition) is 2. The Morgan fingerprint density at radius 3 is 2.18 bits per heavy atom. The molecule has 2 saturated heterocycles. The summed E-state index contributed by atoms with van der Waals surface area (Å²) in [5, 5.41) is 0. The molecule has 0 radical (unpaired) electrons. The zero-order valence-electron chi connectivity index (χ0n) is 14.1. The van der Waals surface area contributed by atoms with Gasteiger partial charge in [0.25, 0.3) is 0 Å². The molecular formula is C9H27NO7Si5. The predicted octanol–water partition coefficient (Wildman–Crippen LogP) is 0.934. The van der Waals surface area contributed by atoms with Gasteiger partial charge in [0.05, 0.1) is 0 Å². The van der Waals surface area contributed by atoms with Crippen LogP contribution in [-0.2, 0) is 24.7 Å². The van der Waals surface area contributed by atoms with E-state index in [4.69, 9.17) is 30.4 Å². The summed E-state index contributed by atoms with van der Waals surface area (Å²) < 4.78 is 36.5. The number of rotatable bonds is 5. The second-order valence-electron chi connectivity index (χ2n) is 6.76. The second kappa shape index (κ2) is 5.93. The van der Waals surface area contributed by atoms with Crippen LogP contribution >= 0.6 is 0 Å². The van der Waals surface area contributed by atoms with Crippen molar-refractivity contribution in [3.05, 3.63) is 0 Å². The van der Waals surface area contributed by atoms with E-state index in [1.54, 1.807) is 19.6 Å². The molecule has 0 aromatic heterocycles. The lowest BCUT2D eigenvalue weighted by atomic mass is 10.5. The molecule has 13 heteroatoms. The Kier molecular flexibility index (Phi) is 5.15. The molecule has 0 aromatic carbocycles. The van der Waals surface area contributed by atoms with Crippen LogP contribution in [0.1, 0.15) is 6.42 Å². The van der Waals surface area contributed by atoms with E-state index < -0.39 is 43.5 Å². The maximum Gasteiger partial charge on any atom is 0.477 e. The van der Waals surface area contributed by atoms with E-state index in [1.807, 2.05) is 19.6 Å². The summed E-state index contributed by atoms with van der Waals surface area (Å²) in [5.41, 5.74) is 5.64. The van der Waals surface area contributed by atoms with Gasteiger partial charge in [0, 0.05) is 19.1 Å². The Labute approximate surface area is 137 Å². The van der Waals surface area contributed by atoms with Gasteiger partial charge in [0.15, 0.2) is 0 Å². The SMILES string of the molecule is C[Si](C)(O)O[Si]1(C)O[Si]2(C)O[Si](C)(C)O[Si](CCCN)(O1)O2. The summed E-state index contributed by atoms with van der Waals surface area (Å²) in [5.74, 6) is 0. The quantitative estimate of drug-likeness (QED) is 0.656. The van der Waals surface area contributed by atoms with Gasteiger partial charge in [0.1, 0.15) is 0 Å². The Balaban J connectivity index is 2.31. The van der Waals surface area contributed by atoms with Gasteiger partial charge >= 0.3 is 43.5 Å². The van der Waals surface area contributed by atoms with Crippen molar-refractivity contribution in [1.29, 1.82) is 0 Å². The average molecular weight is 402 g/mol. The van der Waals surface area contributed by atoms with Crippen molar-refractivity contribution in [3.63, 3.8) is 0 Å². The van der Waals surface area contributed by atoms with E-state index in [1.165, 1.54) is 0 Å². The molecule has 0 aromatic rings. The third-order valence-electron chi connectivity index (χ3n) is 3.01. The van der Waals surface area contributed by atoms with Crippen molar-refractivity contribution >= 4 is 43.5 Å². The number of hydrogen-bond acceptors (Lipinski definition) is 8. The first kappa shape index (κ1) is 19.1. The van der Waals surface area contributed by atoms with Crippen LogP contribution in [0, 0.1) is 0 Å². The molecule has 22 heavy (non-hydrogen) atoms. The molecular weight excluding hydrogens is 375 g/mol. The highest BCUT2D eigenvalue weighted by Gasteiger charge is 2.70. The van der Waals surface area contributed by atoms with Crippen LogP contribution in [0.3, 0.4) is 0 Å². The highest BCUT2D eigenvalue weighted by Crippen LogP contribution is 2.42. The fourth-order valence-electron chi connectivity index (χ4n) is 2.86. The van der Waals surface area contributed by atoms with Crippen LogP contribution in [0.15, 0.2) is 0 Å². The van der Waals surface area contributed by atoms with E-state index in [0.29, 0.717) is 12.6 Å². The maximum absolute atomic E-state index is 10.1. The van der Waals surface area contributed by atoms with Crippen molar-refractivity contribution in [2.75, 3.05) is 6.54 Å². The minimum absolute atomic E-state index is 0.534. The first-order valence-electron chi connectivity index (χ1n) is 7.43. The van der Waals surface area contributed by atoms with Crippen molar-refractivity contribution in [2.24, 2.45) is 5.73 Å². The summed E-state index contributed by atoms with van der Waals surface area (Å²) in [6.45, 7) is 11.5. The van der Waals surface area contributed by atoms with Crippen molar-refractivity contribution in [2.45, 2.75) is 51.7 Å². The molecule has 0 amide bonds. The molecule has 8 nitrogen and oxygen atoms in total. The van der Waals surface area contributed by atoms with Crippen LogP contribution in [0.5, 0.6) is 0 Å². The van der Waals surface area contributed by atoms with Crippen molar-refractivity contribution in [1.82, 2.24) is 0 Å². The summed E-state index contributed by atoms with van der Waals surface area (Å²) in [7, 11) is -14.1. The molecule has 2 aliphatic heterocycles. The number of fused-ring (bicyclic) bond motifs is 2. The van der Waals surface area contributed by atoms with Crippen LogP contribution in [-0.4, -0.2) is 54.9 Å². The van der Waals surface area contributed by atoms with Crippen LogP contribution in [0.2, 0.25) is 45.3 Å². The molecule has 3 unspecified atom stereocenters. The second-order valence-corrected chi connectivity index (χ2v) is 22.7. The van der Waals surface area contributed by atoms with Gasteiger partial charge in [-0.1, -0.05) is 0 Å². The normalized spacial score (nSPS) is 41.5. The van der Waals surface area contributed by atoms with E-state index >= 15 is 0 Å². The van der Waals surface area contributed by atoms with E-state index in [-0.39, 0.29) is 0 Å². The van der Waals surface area contributed by atoms with Gasteiger partial charge < -0.3 is 35.2 Å². The summed E-state index contributed by atoms with van der Waals surface area (Å²) in [6.07, 6.45) is 0.742. The predicted molar refractivity (Wildman–Crippen MR) is 91.2 cm³/mol. The highest BCUT2D eigenvalue weighted by molar-refractivity contribution is 6.97. The lowest BCUT2D eigenvalue weighted by molar-refractivity contribution is 0.0445. The Morgan fingerprint density at radius 1 is 1.00 bits per heavy atom. The minimum Gasteiger partial charge on any atom is -0.411 e. The summed E-state index contributed by atoms with van der Waals surface area (Å²) in [4.78, 5) is 10.1. The molecule has 2 bridgehead atoms. The van der Waals surface area contributed by atoms with Gasteiger partial charge in [-0.25, -0.2) is 0 Å². The molecule has 2 rings (SSSR count). The van der Waals surface area contributed by atoms with Crippen LogP contribution in [0.25, 0.3) is 0 Å². The Hall–Kier alpha value is 0.764. The molecule has 2 fully saturated rings. The summed E-state index contributed by atoms with van der Waals surface area (Å²) >= 11 is 0. The van der Waals surface area contributed by atoms with Gasteiger partial charge in [-0.2, -0.15) is 0 Å². The third-order valence-corrected chi connectivity index (χ3v) is 22.5. The molecule has 0 aliphatic carbocycles. The van der Waals surface area contributed by atoms with Crippen LogP contribution < -0.4 is 5.73 Å². The maximum atomic E-state index is 10.1. The first-order chi connectivity index (χ1) is 9.80. The van der Waals surface area contributed by atoms with Crippen LogP contribution in [0.4, 0.5) is 0 Å². The monoisotopic (exact) mass is 401 g/mol. The smallest absolute Gasteiger partial charge is 0.411 e.